The molecule has 180 valence electrons. The Morgan fingerprint density at radius 3 is 2.69 bits per heavy atom. The number of benzene rings is 1. The third-order valence-corrected chi connectivity index (χ3v) is 7.04. The van der Waals surface area contributed by atoms with Crippen molar-refractivity contribution in [2.24, 2.45) is 10.9 Å². The minimum Gasteiger partial charge on any atom is -0.379 e. The van der Waals surface area contributed by atoms with E-state index < -0.39 is 0 Å². The molecule has 0 spiro atoms. The standard InChI is InChI=1S/C25H41N5O.HI/c1-2-26-25(27-12-7-13-28-16-18-31-19-17-28)30-15-11-24-23(21-30)10-6-14-29(24)20-22-8-4-3-5-9-22;/h3-5,8-9,23-24H,2,6-7,10-21H2,1H3,(H,26,27);1H. The van der Waals surface area contributed by atoms with Crippen LogP contribution in [0.3, 0.4) is 0 Å². The molecule has 0 amide bonds. The molecule has 4 rings (SSSR count). The molecule has 1 aromatic rings. The van der Waals surface area contributed by atoms with Gasteiger partial charge in [-0.1, -0.05) is 30.3 Å². The number of rotatable bonds is 7. The van der Waals surface area contributed by atoms with Gasteiger partial charge in [-0.25, -0.2) is 0 Å². The number of aliphatic imine (C=N–C) groups is 1. The summed E-state index contributed by atoms with van der Waals surface area (Å²) in [6, 6.07) is 11.7. The summed E-state index contributed by atoms with van der Waals surface area (Å²) in [6.45, 7) is 13.6. The summed E-state index contributed by atoms with van der Waals surface area (Å²) < 4.78 is 5.45. The number of nitrogens with one attached hydrogen (secondary N) is 1. The number of halogens is 1. The van der Waals surface area contributed by atoms with Gasteiger partial charge in [0.15, 0.2) is 5.96 Å². The quantitative estimate of drug-likeness (QED) is 0.242. The molecule has 0 aliphatic carbocycles. The molecule has 1 N–H and O–H groups in total. The van der Waals surface area contributed by atoms with Gasteiger partial charge in [-0.2, -0.15) is 0 Å². The van der Waals surface area contributed by atoms with Gasteiger partial charge in [0, 0.05) is 58.4 Å². The van der Waals surface area contributed by atoms with Crippen LogP contribution in [0.5, 0.6) is 0 Å². The Morgan fingerprint density at radius 1 is 1.09 bits per heavy atom. The van der Waals surface area contributed by atoms with Crippen molar-refractivity contribution in [1.29, 1.82) is 0 Å². The average Bonchev–Trinajstić information content (AvgIpc) is 2.82. The molecule has 3 aliphatic rings. The molecule has 0 saturated carbocycles. The van der Waals surface area contributed by atoms with E-state index in [1.54, 1.807) is 0 Å². The van der Waals surface area contributed by atoms with Crippen LogP contribution in [0.2, 0.25) is 0 Å². The van der Waals surface area contributed by atoms with Crippen molar-refractivity contribution in [3.05, 3.63) is 35.9 Å². The van der Waals surface area contributed by atoms with Crippen LogP contribution in [0.15, 0.2) is 35.3 Å². The fraction of sp³-hybridized carbons (Fsp3) is 0.720. The van der Waals surface area contributed by atoms with Crippen molar-refractivity contribution in [2.75, 3.05) is 65.6 Å². The first-order chi connectivity index (χ1) is 15.3. The Labute approximate surface area is 211 Å². The third kappa shape index (κ3) is 7.30. The summed E-state index contributed by atoms with van der Waals surface area (Å²) in [5.41, 5.74) is 1.45. The first-order valence-corrected chi connectivity index (χ1v) is 12.4. The van der Waals surface area contributed by atoms with Crippen LogP contribution in [-0.2, 0) is 11.3 Å². The van der Waals surface area contributed by atoms with Crippen LogP contribution in [0.25, 0.3) is 0 Å². The van der Waals surface area contributed by atoms with E-state index in [-0.39, 0.29) is 24.0 Å². The summed E-state index contributed by atoms with van der Waals surface area (Å²) >= 11 is 0. The smallest absolute Gasteiger partial charge is 0.193 e. The normalized spacial score (nSPS) is 25.2. The number of hydrogen-bond acceptors (Lipinski definition) is 4. The minimum absolute atomic E-state index is 0. The summed E-state index contributed by atoms with van der Waals surface area (Å²) in [5.74, 6) is 1.88. The van der Waals surface area contributed by atoms with E-state index in [2.05, 4.69) is 57.3 Å². The molecule has 1 aromatic carbocycles. The van der Waals surface area contributed by atoms with E-state index in [1.165, 1.54) is 31.4 Å². The number of ether oxygens (including phenoxy) is 1. The summed E-state index contributed by atoms with van der Waals surface area (Å²) in [7, 11) is 0. The molecule has 6 nitrogen and oxygen atoms in total. The lowest BCUT2D eigenvalue weighted by Crippen LogP contribution is -2.56. The van der Waals surface area contributed by atoms with Crippen molar-refractivity contribution < 1.29 is 4.74 Å². The van der Waals surface area contributed by atoms with E-state index in [4.69, 9.17) is 9.73 Å². The maximum atomic E-state index is 5.45. The molecule has 3 fully saturated rings. The molecular formula is C25H42IN5O. The molecule has 3 saturated heterocycles. The minimum atomic E-state index is 0. The first-order valence-electron chi connectivity index (χ1n) is 12.4. The van der Waals surface area contributed by atoms with Gasteiger partial charge in [-0.3, -0.25) is 14.8 Å². The topological polar surface area (TPSA) is 43.3 Å². The first kappa shape index (κ1) is 25.7. The monoisotopic (exact) mass is 555 g/mol. The molecule has 0 radical (unpaired) electrons. The predicted octanol–water partition coefficient (Wildman–Crippen LogP) is 3.28. The fourth-order valence-corrected chi connectivity index (χ4v) is 5.44. The van der Waals surface area contributed by atoms with Gasteiger partial charge in [-0.05, 0) is 50.6 Å². The highest BCUT2D eigenvalue weighted by Gasteiger charge is 2.36. The van der Waals surface area contributed by atoms with Crippen molar-refractivity contribution in [1.82, 2.24) is 20.0 Å². The Kier molecular flexibility index (Phi) is 11.0. The lowest BCUT2D eigenvalue weighted by atomic mass is 9.83. The van der Waals surface area contributed by atoms with Crippen LogP contribution in [0.1, 0.15) is 38.2 Å². The summed E-state index contributed by atoms with van der Waals surface area (Å²) in [4.78, 5) is 12.8. The van der Waals surface area contributed by atoms with Crippen molar-refractivity contribution >= 4 is 29.9 Å². The Morgan fingerprint density at radius 2 is 1.91 bits per heavy atom. The second kappa shape index (κ2) is 13.7. The molecule has 2 unspecified atom stereocenters. The molecule has 0 bridgehead atoms. The predicted molar refractivity (Wildman–Crippen MR) is 143 cm³/mol. The molecular weight excluding hydrogens is 513 g/mol. The maximum absolute atomic E-state index is 5.45. The number of fused-ring (bicyclic) bond motifs is 1. The number of piperidine rings is 2. The largest absolute Gasteiger partial charge is 0.379 e. The van der Waals surface area contributed by atoms with Crippen LogP contribution < -0.4 is 5.32 Å². The van der Waals surface area contributed by atoms with Gasteiger partial charge in [0.05, 0.1) is 13.2 Å². The van der Waals surface area contributed by atoms with Crippen LogP contribution >= 0.6 is 24.0 Å². The number of likely N-dealkylation sites (tertiary alicyclic amines) is 2. The lowest BCUT2D eigenvalue weighted by molar-refractivity contribution is 0.0367. The summed E-state index contributed by atoms with van der Waals surface area (Å²) in [6.07, 6.45) is 5.04. The molecule has 3 aliphatic heterocycles. The molecule has 3 heterocycles. The van der Waals surface area contributed by atoms with Crippen LogP contribution in [-0.4, -0.2) is 92.3 Å². The summed E-state index contributed by atoms with van der Waals surface area (Å²) in [5, 5.41) is 3.57. The van der Waals surface area contributed by atoms with Gasteiger partial charge in [0.2, 0.25) is 0 Å². The van der Waals surface area contributed by atoms with Crippen molar-refractivity contribution in [2.45, 2.75) is 45.2 Å². The number of nitrogens with zero attached hydrogens (tertiary/aromatic N) is 4. The van der Waals surface area contributed by atoms with Crippen LogP contribution in [0.4, 0.5) is 0 Å². The maximum Gasteiger partial charge on any atom is 0.193 e. The zero-order valence-corrected chi connectivity index (χ0v) is 22.1. The fourth-order valence-electron chi connectivity index (χ4n) is 5.44. The van der Waals surface area contributed by atoms with Crippen molar-refractivity contribution in [3.63, 3.8) is 0 Å². The van der Waals surface area contributed by atoms with E-state index in [0.29, 0.717) is 0 Å². The number of guanidine groups is 1. The molecule has 2 atom stereocenters. The second-order valence-corrected chi connectivity index (χ2v) is 9.20. The van der Waals surface area contributed by atoms with E-state index >= 15 is 0 Å². The Balaban J connectivity index is 0.00000289. The van der Waals surface area contributed by atoms with E-state index in [1.807, 2.05) is 0 Å². The van der Waals surface area contributed by atoms with Gasteiger partial charge >= 0.3 is 0 Å². The highest BCUT2D eigenvalue weighted by atomic mass is 127. The lowest BCUT2D eigenvalue weighted by Gasteiger charge is -2.48. The number of morpholine rings is 1. The molecule has 32 heavy (non-hydrogen) atoms. The molecule has 7 heteroatoms. The highest BCUT2D eigenvalue weighted by Crippen LogP contribution is 2.31. The highest BCUT2D eigenvalue weighted by molar-refractivity contribution is 14.0. The van der Waals surface area contributed by atoms with Gasteiger partial charge < -0.3 is 15.0 Å². The molecule has 0 aromatic heterocycles. The van der Waals surface area contributed by atoms with Crippen molar-refractivity contribution in [3.8, 4) is 0 Å². The third-order valence-electron chi connectivity index (χ3n) is 7.04. The van der Waals surface area contributed by atoms with Gasteiger partial charge in [0.25, 0.3) is 0 Å². The average molecular weight is 556 g/mol. The number of hydrogen-bond donors (Lipinski definition) is 1. The van der Waals surface area contributed by atoms with Gasteiger partial charge in [-0.15, -0.1) is 24.0 Å². The van der Waals surface area contributed by atoms with E-state index in [9.17, 15) is 0 Å². The SMILES string of the molecule is CCNC(=NCCCN1CCOCC1)N1CCC2C(CCCN2Cc2ccccc2)C1.I. The second-order valence-electron chi connectivity index (χ2n) is 9.20. The zero-order valence-electron chi connectivity index (χ0n) is 19.8. The van der Waals surface area contributed by atoms with Crippen LogP contribution in [0, 0.1) is 5.92 Å². The zero-order chi connectivity index (χ0) is 21.3. The van der Waals surface area contributed by atoms with E-state index in [0.717, 1.165) is 89.9 Å². The Hall–Kier alpha value is -0.900. The van der Waals surface area contributed by atoms with Gasteiger partial charge in [0.1, 0.15) is 0 Å². The Bertz CT molecular complexity index is 682.